The van der Waals surface area contributed by atoms with Crippen molar-refractivity contribution >= 4 is 27.5 Å². The summed E-state index contributed by atoms with van der Waals surface area (Å²) in [5.41, 5.74) is 1.62. The fraction of sp³-hybridized carbons (Fsp3) is 0.167. The van der Waals surface area contributed by atoms with Gasteiger partial charge in [0.15, 0.2) is 0 Å². The minimum Gasteiger partial charge on any atom is -0.495 e. The average Bonchev–Trinajstić information content (AvgIpc) is 3.22. The monoisotopic (exact) mass is 450 g/mol. The van der Waals surface area contributed by atoms with Gasteiger partial charge in [-0.2, -0.15) is 0 Å². The summed E-state index contributed by atoms with van der Waals surface area (Å²) in [4.78, 5) is 25.1. The summed E-state index contributed by atoms with van der Waals surface area (Å²) >= 11 is 0. The normalized spacial score (nSPS) is 16.1. The number of nitrogens with zero attached hydrogens (tertiary/aromatic N) is 1. The zero-order valence-electron chi connectivity index (χ0n) is 17.4. The predicted octanol–water partition coefficient (Wildman–Crippen LogP) is 3.65. The molecule has 3 aromatic carbocycles. The number of amides is 2. The minimum atomic E-state index is -4.22. The summed E-state index contributed by atoms with van der Waals surface area (Å²) in [6.45, 7) is 0.0365. The van der Waals surface area contributed by atoms with Crippen LogP contribution in [0.4, 0.5) is 5.69 Å². The summed E-state index contributed by atoms with van der Waals surface area (Å²) in [6, 6.07) is 22.3. The van der Waals surface area contributed by atoms with Crippen LogP contribution < -0.4 is 10.1 Å². The lowest BCUT2D eigenvalue weighted by atomic mass is 9.99. The smallest absolute Gasteiger partial charge is 0.270 e. The molecular formula is C24H22N2O5S. The van der Waals surface area contributed by atoms with Crippen LogP contribution in [0.1, 0.15) is 28.3 Å². The van der Waals surface area contributed by atoms with Crippen LogP contribution in [0.5, 0.6) is 5.75 Å². The molecule has 1 unspecified atom stereocenters. The molecule has 0 bridgehead atoms. The molecule has 1 aliphatic heterocycles. The second kappa shape index (κ2) is 8.84. The third kappa shape index (κ3) is 4.22. The fourth-order valence-corrected chi connectivity index (χ4v) is 5.36. The van der Waals surface area contributed by atoms with Gasteiger partial charge < -0.3 is 10.1 Å². The molecule has 164 valence electrons. The van der Waals surface area contributed by atoms with Crippen LogP contribution >= 0.6 is 0 Å². The molecule has 1 atom stereocenters. The topological polar surface area (TPSA) is 92.8 Å². The minimum absolute atomic E-state index is 0.0365. The van der Waals surface area contributed by atoms with Gasteiger partial charge in [0, 0.05) is 30.1 Å². The van der Waals surface area contributed by atoms with Gasteiger partial charge in [-0.15, -0.1) is 0 Å². The second-order valence-electron chi connectivity index (χ2n) is 7.43. The number of para-hydroxylation sites is 1. The predicted molar refractivity (Wildman–Crippen MR) is 120 cm³/mol. The Hall–Kier alpha value is -3.65. The van der Waals surface area contributed by atoms with E-state index in [1.807, 2.05) is 36.4 Å². The second-order valence-corrected chi connectivity index (χ2v) is 9.26. The molecule has 0 spiro atoms. The zero-order chi connectivity index (χ0) is 22.7. The Kier molecular flexibility index (Phi) is 5.96. The maximum Gasteiger partial charge on any atom is 0.270 e. The molecule has 1 fully saturated rings. The van der Waals surface area contributed by atoms with Gasteiger partial charge in [-0.25, -0.2) is 12.7 Å². The van der Waals surface area contributed by atoms with E-state index in [1.54, 1.807) is 24.3 Å². The highest BCUT2D eigenvalue weighted by atomic mass is 32.2. The first-order valence-electron chi connectivity index (χ1n) is 10.0. The van der Waals surface area contributed by atoms with Crippen LogP contribution in [0.15, 0.2) is 83.8 Å². The van der Waals surface area contributed by atoms with Crippen LogP contribution in [0.25, 0.3) is 0 Å². The summed E-state index contributed by atoms with van der Waals surface area (Å²) < 4.78 is 33.0. The standard InChI is InChI=1S/C24H22N2O5S/c1-31-21-13-12-18(24(28)25-20-10-6-3-7-11-20)14-22(21)32(29,30)26-16-19(15-23(26)27)17-8-4-2-5-9-17/h2-14,19H,15-16H2,1H3,(H,25,28). The molecule has 1 aliphatic rings. The molecule has 0 saturated carbocycles. The summed E-state index contributed by atoms with van der Waals surface area (Å²) in [6.07, 6.45) is 0.0970. The number of sulfonamides is 1. The molecule has 7 nitrogen and oxygen atoms in total. The third-order valence-corrected chi connectivity index (χ3v) is 7.19. The van der Waals surface area contributed by atoms with Crippen molar-refractivity contribution < 1.29 is 22.7 Å². The quantitative estimate of drug-likeness (QED) is 0.619. The van der Waals surface area contributed by atoms with Gasteiger partial charge in [0.05, 0.1) is 7.11 Å². The fourth-order valence-electron chi connectivity index (χ4n) is 3.72. The van der Waals surface area contributed by atoms with Gasteiger partial charge in [-0.05, 0) is 35.9 Å². The average molecular weight is 451 g/mol. The van der Waals surface area contributed by atoms with Crippen molar-refractivity contribution in [1.82, 2.24) is 4.31 Å². The lowest BCUT2D eigenvalue weighted by Gasteiger charge is -2.19. The molecule has 2 amide bonds. The van der Waals surface area contributed by atoms with Crippen LogP contribution in [0, 0.1) is 0 Å². The highest BCUT2D eigenvalue weighted by Crippen LogP contribution is 2.35. The van der Waals surface area contributed by atoms with Gasteiger partial charge in [0.2, 0.25) is 5.91 Å². The number of anilines is 1. The first kappa shape index (κ1) is 21.6. The van der Waals surface area contributed by atoms with Crippen LogP contribution in [-0.4, -0.2) is 38.2 Å². The number of nitrogens with one attached hydrogen (secondary N) is 1. The molecule has 0 radical (unpaired) electrons. The van der Waals surface area contributed by atoms with Crippen molar-refractivity contribution in [2.45, 2.75) is 17.2 Å². The molecule has 8 heteroatoms. The van der Waals surface area contributed by atoms with E-state index in [9.17, 15) is 18.0 Å². The number of hydrogen-bond donors (Lipinski definition) is 1. The number of ether oxygens (including phenoxy) is 1. The molecule has 1 heterocycles. The lowest BCUT2D eigenvalue weighted by Crippen LogP contribution is -2.32. The molecule has 3 aromatic rings. The Balaban J connectivity index is 1.64. The number of carbonyl (C=O) groups excluding carboxylic acids is 2. The third-order valence-electron chi connectivity index (χ3n) is 5.38. The van der Waals surface area contributed by atoms with Gasteiger partial charge in [0.1, 0.15) is 10.6 Å². The number of methoxy groups -OCH3 is 1. The summed E-state index contributed by atoms with van der Waals surface area (Å²) in [5, 5.41) is 2.73. The largest absolute Gasteiger partial charge is 0.495 e. The molecule has 1 saturated heterocycles. The van der Waals surface area contributed by atoms with Crippen molar-refractivity contribution in [3.05, 3.63) is 90.0 Å². The van der Waals surface area contributed by atoms with E-state index in [4.69, 9.17) is 4.74 Å². The maximum absolute atomic E-state index is 13.4. The van der Waals surface area contributed by atoms with Crippen LogP contribution in [-0.2, 0) is 14.8 Å². The number of benzene rings is 3. The SMILES string of the molecule is COc1ccc(C(=O)Nc2ccccc2)cc1S(=O)(=O)N1CC(c2ccccc2)CC1=O. The molecule has 0 aromatic heterocycles. The van der Waals surface area contributed by atoms with E-state index >= 15 is 0 Å². The Morgan fingerprint density at radius 3 is 2.31 bits per heavy atom. The Morgan fingerprint density at radius 1 is 1.00 bits per heavy atom. The van der Waals surface area contributed by atoms with E-state index in [-0.39, 0.29) is 35.1 Å². The molecule has 0 aliphatic carbocycles. The Morgan fingerprint density at radius 2 is 1.66 bits per heavy atom. The highest BCUT2D eigenvalue weighted by molar-refractivity contribution is 7.89. The lowest BCUT2D eigenvalue weighted by molar-refractivity contribution is -0.123. The highest BCUT2D eigenvalue weighted by Gasteiger charge is 2.40. The van der Waals surface area contributed by atoms with E-state index in [2.05, 4.69) is 5.32 Å². The van der Waals surface area contributed by atoms with Crippen LogP contribution in [0.2, 0.25) is 0 Å². The van der Waals surface area contributed by atoms with Crippen molar-refractivity contribution in [2.75, 3.05) is 19.0 Å². The van der Waals surface area contributed by atoms with E-state index in [0.717, 1.165) is 9.87 Å². The van der Waals surface area contributed by atoms with Gasteiger partial charge in [-0.1, -0.05) is 48.5 Å². The van der Waals surface area contributed by atoms with E-state index in [1.165, 1.54) is 25.3 Å². The van der Waals surface area contributed by atoms with E-state index in [0.29, 0.717) is 5.69 Å². The molecule has 32 heavy (non-hydrogen) atoms. The van der Waals surface area contributed by atoms with Gasteiger partial charge in [0.25, 0.3) is 15.9 Å². The van der Waals surface area contributed by atoms with Crippen molar-refractivity contribution in [3.63, 3.8) is 0 Å². The number of carbonyl (C=O) groups is 2. The van der Waals surface area contributed by atoms with Crippen molar-refractivity contribution in [2.24, 2.45) is 0 Å². The first-order valence-corrected chi connectivity index (χ1v) is 11.5. The summed E-state index contributed by atoms with van der Waals surface area (Å²) in [5.74, 6) is -1.11. The van der Waals surface area contributed by atoms with Crippen LogP contribution in [0.3, 0.4) is 0 Å². The maximum atomic E-state index is 13.4. The number of rotatable bonds is 6. The van der Waals surface area contributed by atoms with Gasteiger partial charge in [-0.3, -0.25) is 9.59 Å². The van der Waals surface area contributed by atoms with Crippen molar-refractivity contribution in [1.29, 1.82) is 0 Å². The molecular weight excluding hydrogens is 428 g/mol. The number of hydrogen-bond acceptors (Lipinski definition) is 5. The van der Waals surface area contributed by atoms with Gasteiger partial charge >= 0.3 is 0 Å². The molecule has 1 N–H and O–H groups in total. The first-order chi connectivity index (χ1) is 15.4. The Bertz CT molecular complexity index is 1240. The molecule has 4 rings (SSSR count). The Labute approximate surface area is 186 Å². The van der Waals surface area contributed by atoms with Crippen molar-refractivity contribution in [3.8, 4) is 5.75 Å². The zero-order valence-corrected chi connectivity index (χ0v) is 18.2. The summed E-state index contributed by atoms with van der Waals surface area (Å²) in [7, 11) is -2.88. The van der Waals surface area contributed by atoms with E-state index < -0.39 is 21.8 Å².